The predicted molar refractivity (Wildman–Crippen MR) is 78.0 cm³/mol. The molecule has 1 fully saturated rings. The van der Waals surface area contributed by atoms with Crippen LogP contribution in [0.2, 0.25) is 0 Å². The smallest absolute Gasteiger partial charge is 0.136 e. The molecule has 0 spiro atoms. The highest BCUT2D eigenvalue weighted by Crippen LogP contribution is 2.31. The fourth-order valence-electron chi connectivity index (χ4n) is 2.81. The Kier molecular flexibility index (Phi) is 3.44. The van der Waals surface area contributed by atoms with Crippen molar-refractivity contribution in [1.29, 1.82) is 0 Å². The minimum Gasteiger partial charge on any atom is -0.398 e. The Balaban J connectivity index is 1.94. The van der Waals surface area contributed by atoms with Gasteiger partial charge < -0.3 is 16.2 Å². The molecule has 0 radical (unpaired) electrons. The third kappa shape index (κ3) is 2.41. The van der Waals surface area contributed by atoms with E-state index in [1.165, 1.54) is 6.07 Å². The molecule has 3 rings (SSSR count). The van der Waals surface area contributed by atoms with E-state index in [1.807, 2.05) is 0 Å². The van der Waals surface area contributed by atoms with Gasteiger partial charge in [-0.2, -0.15) is 0 Å². The number of fused-ring (bicyclic) bond motifs is 1. The van der Waals surface area contributed by atoms with Crippen molar-refractivity contribution in [2.45, 2.75) is 37.8 Å². The van der Waals surface area contributed by atoms with Gasteiger partial charge in [0.15, 0.2) is 0 Å². The Hall–Kier alpha value is -1.88. The van der Waals surface area contributed by atoms with Crippen LogP contribution in [0, 0.1) is 5.82 Å². The normalized spacial score (nSPS) is 22.9. The van der Waals surface area contributed by atoms with E-state index in [0.717, 1.165) is 25.7 Å². The first kappa shape index (κ1) is 13.1. The van der Waals surface area contributed by atoms with Gasteiger partial charge in [-0.25, -0.2) is 9.37 Å². The van der Waals surface area contributed by atoms with Gasteiger partial charge in [0, 0.05) is 23.3 Å². The minimum atomic E-state index is -0.293. The van der Waals surface area contributed by atoms with Gasteiger partial charge in [0.05, 0.1) is 11.5 Å². The van der Waals surface area contributed by atoms with Crippen LogP contribution in [0.4, 0.5) is 15.9 Å². The maximum Gasteiger partial charge on any atom is 0.136 e. The number of aliphatic hydroxyl groups excluding tert-OH is 1. The number of halogens is 1. The molecule has 0 saturated heterocycles. The van der Waals surface area contributed by atoms with Gasteiger partial charge in [0.25, 0.3) is 0 Å². The molecule has 1 saturated carbocycles. The van der Waals surface area contributed by atoms with Gasteiger partial charge in [0.1, 0.15) is 11.6 Å². The van der Waals surface area contributed by atoms with E-state index in [-0.39, 0.29) is 18.0 Å². The van der Waals surface area contributed by atoms with E-state index in [9.17, 15) is 9.50 Å². The number of aromatic nitrogens is 1. The monoisotopic (exact) mass is 275 g/mol. The lowest BCUT2D eigenvalue weighted by Crippen LogP contribution is -2.28. The topological polar surface area (TPSA) is 71.2 Å². The molecule has 1 heterocycles. The number of hydrogen-bond acceptors (Lipinski definition) is 4. The van der Waals surface area contributed by atoms with Crippen LogP contribution in [0.15, 0.2) is 24.4 Å². The van der Waals surface area contributed by atoms with Gasteiger partial charge in [0.2, 0.25) is 0 Å². The minimum absolute atomic E-state index is 0.198. The molecule has 0 atom stereocenters. The van der Waals surface area contributed by atoms with Crippen molar-refractivity contribution in [3.8, 4) is 0 Å². The zero-order valence-electron chi connectivity index (χ0n) is 11.1. The summed E-state index contributed by atoms with van der Waals surface area (Å²) in [5.41, 5.74) is 6.49. The summed E-state index contributed by atoms with van der Waals surface area (Å²) in [6, 6.07) is 4.82. The highest BCUT2D eigenvalue weighted by Gasteiger charge is 2.20. The first-order valence-corrected chi connectivity index (χ1v) is 6.92. The van der Waals surface area contributed by atoms with Crippen LogP contribution in [-0.2, 0) is 0 Å². The van der Waals surface area contributed by atoms with Crippen molar-refractivity contribution in [3.05, 3.63) is 30.2 Å². The second-order valence-corrected chi connectivity index (χ2v) is 5.37. The van der Waals surface area contributed by atoms with Crippen molar-refractivity contribution >= 4 is 22.3 Å². The molecule has 0 unspecified atom stereocenters. The molecule has 106 valence electrons. The van der Waals surface area contributed by atoms with Gasteiger partial charge >= 0.3 is 0 Å². The first-order valence-electron chi connectivity index (χ1n) is 6.92. The zero-order valence-corrected chi connectivity index (χ0v) is 11.1. The van der Waals surface area contributed by atoms with Crippen molar-refractivity contribution in [1.82, 2.24) is 4.98 Å². The van der Waals surface area contributed by atoms with Crippen LogP contribution in [0.3, 0.4) is 0 Å². The zero-order chi connectivity index (χ0) is 14.1. The molecule has 1 aliphatic rings. The molecular weight excluding hydrogens is 257 g/mol. The molecule has 2 aromatic rings. The van der Waals surface area contributed by atoms with Crippen LogP contribution in [0.5, 0.6) is 0 Å². The highest BCUT2D eigenvalue weighted by atomic mass is 19.1. The molecule has 0 amide bonds. The van der Waals surface area contributed by atoms with Crippen LogP contribution in [0.25, 0.3) is 10.8 Å². The summed E-state index contributed by atoms with van der Waals surface area (Å²) in [5.74, 6) is 0.333. The maximum atomic E-state index is 13.8. The third-order valence-corrected chi connectivity index (χ3v) is 3.94. The number of nitrogens with two attached hydrogens (primary N) is 1. The van der Waals surface area contributed by atoms with Crippen LogP contribution in [-0.4, -0.2) is 22.2 Å². The SMILES string of the molecule is Nc1ccc(F)c2ccnc(NC3CCC(O)CC3)c12. The molecule has 4 nitrogen and oxygen atoms in total. The van der Waals surface area contributed by atoms with E-state index in [4.69, 9.17) is 5.73 Å². The van der Waals surface area contributed by atoms with Crippen molar-refractivity contribution in [2.24, 2.45) is 0 Å². The number of nitrogens with one attached hydrogen (secondary N) is 1. The summed E-state index contributed by atoms with van der Waals surface area (Å²) in [4.78, 5) is 4.30. The number of benzene rings is 1. The van der Waals surface area contributed by atoms with Crippen molar-refractivity contribution in [3.63, 3.8) is 0 Å². The molecule has 0 aliphatic heterocycles. The summed E-state index contributed by atoms with van der Waals surface area (Å²) >= 11 is 0. The van der Waals surface area contributed by atoms with E-state index in [2.05, 4.69) is 10.3 Å². The van der Waals surface area contributed by atoms with Gasteiger partial charge in [-0.05, 0) is 43.9 Å². The molecule has 0 bridgehead atoms. The Morgan fingerprint density at radius 2 is 1.95 bits per heavy atom. The van der Waals surface area contributed by atoms with Crippen LogP contribution in [0.1, 0.15) is 25.7 Å². The van der Waals surface area contributed by atoms with E-state index < -0.39 is 0 Å². The predicted octanol–water partition coefficient (Wildman–Crippen LogP) is 2.67. The Morgan fingerprint density at radius 3 is 2.70 bits per heavy atom. The number of anilines is 2. The fraction of sp³-hybridized carbons (Fsp3) is 0.400. The molecule has 1 aromatic heterocycles. The summed E-state index contributed by atoms with van der Waals surface area (Å²) in [7, 11) is 0. The molecule has 5 heteroatoms. The molecular formula is C15H18FN3O. The molecule has 20 heavy (non-hydrogen) atoms. The number of nitrogen functional groups attached to an aromatic ring is 1. The van der Waals surface area contributed by atoms with Crippen LogP contribution >= 0.6 is 0 Å². The van der Waals surface area contributed by atoms with Gasteiger partial charge in [-0.15, -0.1) is 0 Å². The van der Waals surface area contributed by atoms with Crippen LogP contribution < -0.4 is 11.1 Å². The number of pyridine rings is 1. The van der Waals surface area contributed by atoms with Crippen molar-refractivity contribution in [2.75, 3.05) is 11.1 Å². The maximum absolute atomic E-state index is 13.8. The molecule has 1 aromatic carbocycles. The Bertz CT molecular complexity index is 624. The second kappa shape index (κ2) is 5.25. The quantitative estimate of drug-likeness (QED) is 0.737. The average Bonchev–Trinajstić information content (AvgIpc) is 2.46. The fourth-order valence-corrected chi connectivity index (χ4v) is 2.81. The average molecular weight is 275 g/mol. The van der Waals surface area contributed by atoms with Gasteiger partial charge in [-0.3, -0.25) is 0 Å². The van der Waals surface area contributed by atoms with Gasteiger partial charge in [-0.1, -0.05) is 0 Å². The first-order chi connectivity index (χ1) is 9.65. The number of aliphatic hydroxyl groups is 1. The lowest BCUT2D eigenvalue weighted by Gasteiger charge is -2.27. The van der Waals surface area contributed by atoms with E-state index in [0.29, 0.717) is 22.3 Å². The van der Waals surface area contributed by atoms with Crippen molar-refractivity contribution < 1.29 is 9.50 Å². The summed E-state index contributed by atoms with van der Waals surface area (Å²) in [6.07, 6.45) is 4.72. The number of hydrogen-bond donors (Lipinski definition) is 3. The largest absolute Gasteiger partial charge is 0.398 e. The summed E-state index contributed by atoms with van der Waals surface area (Å²) in [5, 5.41) is 14.0. The second-order valence-electron chi connectivity index (χ2n) is 5.37. The third-order valence-electron chi connectivity index (χ3n) is 3.94. The molecule has 1 aliphatic carbocycles. The lowest BCUT2D eigenvalue weighted by atomic mass is 9.93. The Labute approximate surface area is 116 Å². The standard InChI is InChI=1S/C15H18FN3O/c16-12-5-6-13(17)14-11(12)7-8-18-15(14)19-9-1-3-10(20)4-2-9/h5-10,20H,1-4,17H2,(H,18,19). The van der Waals surface area contributed by atoms with E-state index in [1.54, 1.807) is 18.3 Å². The summed E-state index contributed by atoms with van der Waals surface area (Å²) < 4.78 is 13.8. The Morgan fingerprint density at radius 1 is 1.20 bits per heavy atom. The summed E-state index contributed by atoms with van der Waals surface area (Å²) in [6.45, 7) is 0. The van der Waals surface area contributed by atoms with E-state index >= 15 is 0 Å². The lowest BCUT2D eigenvalue weighted by molar-refractivity contribution is 0.126. The molecule has 4 N–H and O–H groups in total. The number of rotatable bonds is 2. The number of nitrogens with zero attached hydrogens (tertiary/aromatic N) is 1. The highest BCUT2D eigenvalue weighted by molar-refractivity contribution is 6.01.